The molecule has 0 amide bonds. The Labute approximate surface area is 112 Å². The predicted molar refractivity (Wildman–Crippen MR) is 69.1 cm³/mol. The van der Waals surface area contributed by atoms with Gasteiger partial charge < -0.3 is 0 Å². The van der Waals surface area contributed by atoms with E-state index in [4.69, 9.17) is 10.8 Å². The minimum absolute atomic E-state index is 0.367. The Morgan fingerprint density at radius 3 is 3.06 bits per heavy atom. The number of hydrogen-bond donors (Lipinski definition) is 1. The molecule has 5 nitrogen and oxygen atoms in total. The molecule has 94 valence electrons. The first-order valence-corrected chi connectivity index (χ1v) is 6.07. The maximum absolute atomic E-state index is 13.1. The van der Waals surface area contributed by atoms with E-state index in [0.717, 1.165) is 0 Å². The summed E-state index contributed by atoms with van der Waals surface area (Å²) in [7, 11) is 0. The van der Waals surface area contributed by atoms with Crippen LogP contribution in [0.25, 0.3) is 10.4 Å². The lowest BCUT2D eigenvalue weighted by Crippen LogP contribution is -2.22. The first-order chi connectivity index (χ1) is 8.69. The van der Waals surface area contributed by atoms with Crippen LogP contribution >= 0.6 is 15.9 Å². The van der Waals surface area contributed by atoms with Crippen LogP contribution in [0.1, 0.15) is 18.0 Å². The Morgan fingerprint density at radius 2 is 2.39 bits per heavy atom. The van der Waals surface area contributed by atoms with Crippen molar-refractivity contribution >= 4 is 15.9 Å². The lowest BCUT2D eigenvalue weighted by Gasteiger charge is -2.13. The van der Waals surface area contributed by atoms with Gasteiger partial charge >= 0.3 is 0 Å². The van der Waals surface area contributed by atoms with Gasteiger partial charge in [0.15, 0.2) is 0 Å². The van der Waals surface area contributed by atoms with Crippen LogP contribution in [0.4, 0.5) is 4.39 Å². The molecule has 0 saturated carbocycles. The highest BCUT2D eigenvalue weighted by atomic mass is 79.9. The fourth-order valence-electron chi connectivity index (χ4n) is 1.40. The van der Waals surface area contributed by atoms with Crippen molar-refractivity contribution in [3.05, 3.63) is 44.5 Å². The molecule has 1 atom stereocenters. The van der Waals surface area contributed by atoms with E-state index in [-0.39, 0.29) is 5.82 Å². The highest BCUT2D eigenvalue weighted by Crippen LogP contribution is 2.24. The highest BCUT2D eigenvalue weighted by Gasteiger charge is 2.13. The molecular formula is C11H11BrFN5. The molecular weight excluding hydrogens is 301 g/mol. The third-order valence-electron chi connectivity index (χ3n) is 2.24. The van der Waals surface area contributed by atoms with E-state index in [2.05, 4.69) is 37.3 Å². The smallest absolute Gasteiger partial charge is 0.123 e. The highest BCUT2D eigenvalue weighted by molar-refractivity contribution is 9.10. The van der Waals surface area contributed by atoms with Gasteiger partial charge in [-0.15, -0.1) is 0 Å². The average Bonchev–Trinajstić information content (AvgIpc) is 2.37. The largest absolute Gasteiger partial charge is 0.298 e. The fourth-order valence-corrected chi connectivity index (χ4v) is 1.88. The van der Waals surface area contributed by atoms with Crippen molar-refractivity contribution < 1.29 is 4.39 Å². The SMILES string of the molecule is N#CC(NCCCN=[N+]=[N-])c1cc(F)ccc1Br. The molecule has 0 aliphatic heterocycles. The second-order valence-corrected chi connectivity index (χ2v) is 4.34. The topological polar surface area (TPSA) is 84.6 Å². The molecule has 1 aromatic carbocycles. The van der Waals surface area contributed by atoms with Crippen LogP contribution in [0.5, 0.6) is 0 Å². The van der Waals surface area contributed by atoms with Gasteiger partial charge in [-0.25, -0.2) is 4.39 Å². The first-order valence-electron chi connectivity index (χ1n) is 5.28. The van der Waals surface area contributed by atoms with E-state index < -0.39 is 6.04 Å². The van der Waals surface area contributed by atoms with Crippen molar-refractivity contribution in [1.29, 1.82) is 5.26 Å². The lowest BCUT2D eigenvalue weighted by atomic mass is 10.1. The standard InChI is InChI=1S/C11H11BrFN5/c12-10-3-2-8(13)6-9(10)11(7-14)16-4-1-5-17-18-15/h2-3,6,11,16H,1,4-5H2. The van der Waals surface area contributed by atoms with Crippen molar-refractivity contribution in [2.45, 2.75) is 12.5 Å². The molecule has 1 N–H and O–H groups in total. The van der Waals surface area contributed by atoms with Crippen molar-refractivity contribution in [1.82, 2.24) is 5.32 Å². The van der Waals surface area contributed by atoms with Crippen LogP contribution in [-0.2, 0) is 0 Å². The van der Waals surface area contributed by atoms with E-state index >= 15 is 0 Å². The van der Waals surface area contributed by atoms with Crippen molar-refractivity contribution in [2.24, 2.45) is 5.11 Å². The molecule has 0 saturated heterocycles. The van der Waals surface area contributed by atoms with Gasteiger partial charge in [-0.3, -0.25) is 5.32 Å². The molecule has 0 fully saturated rings. The summed E-state index contributed by atoms with van der Waals surface area (Å²) < 4.78 is 13.8. The number of hydrogen-bond acceptors (Lipinski definition) is 3. The van der Waals surface area contributed by atoms with Crippen molar-refractivity contribution in [2.75, 3.05) is 13.1 Å². The molecule has 1 unspecified atom stereocenters. The zero-order chi connectivity index (χ0) is 13.4. The molecule has 7 heteroatoms. The van der Waals surface area contributed by atoms with E-state index in [9.17, 15) is 4.39 Å². The van der Waals surface area contributed by atoms with Crippen molar-refractivity contribution in [3.63, 3.8) is 0 Å². The number of nitrogens with one attached hydrogen (secondary N) is 1. The Balaban J connectivity index is 2.63. The summed E-state index contributed by atoms with van der Waals surface area (Å²) in [6.45, 7) is 0.881. The predicted octanol–water partition coefficient (Wildman–Crippen LogP) is 3.44. The molecule has 0 aliphatic rings. The number of nitrogens with zero attached hydrogens (tertiary/aromatic N) is 4. The maximum atomic E-state index is 13.1. The molecule has 1 aromatic rings. The molecule has 18 heavy (non-hydrogen) atoms. The van der Waals surface area contributed by atoms with Gasteiger partial charge in [0, 0.05) is 21.5 Å². The molecule has 0 spiro atoms. The number of nitriles is 1. The average molecular weight is 312 g/mol. The second-order valence-electron chi connectivity index (χ2n) is 3.49. The summed E-state index contributed by atoms with van der Waals surface area (Å²) >= 11 is 3.28. The Kier molecular flexibility index (Phi) is 6.15. The van der Waals surface area contributed by atoms with Crippen LogP contribution < -0.4 is 5.32 Å². The quantitative estimate of drug-likeness (QED) is 0.377. The van der Waals surface area contributed by atoms with E-state index in [0.29, 0.717) is 29.5 Å². The van der Waals surface area contributed by atoms with Gasteiger partial charge in [0.05, 0.1) is 6.07 Å². The zero-order valence-corrected chi connectivity index (χ0v) is 11.1. The van der Waals surface area contributed by atoms with Crippen LogP contribution in [-0.4, -0.2) is 13.1 Å². The third kappa shape index (κ3) is 4.34. The normalized spacial score (nSPS) is 11.4. The molecule has 0 heterocycles. The van der Waals surface area contributed by atoms with Gasteiger partial charge in [0.25, 0.3) is 0 Å². The second kappa shape index (κ2) is 7.67. The molecule has 0 bridgehead atoms. The summed E-state index contributed by atoms with van der Waals surface area (Å²) in [5, 5.41) is 15.4. The number of benzene rings is 1. The minimum Gasteiger partial charge on any atom is -0.298 e. The molecule has 0 aromatic heterocycles. The van der Waals surface area contributed by atoms with Gasteiger partial charge in [-0.05, 0) is 36.7 Å². The summed E-state index contributed by atoms with van der Waals surface area (Å²) in [6, 6.07) is 5.68. The molecule has 0 aliphatic carbocycles. The van der Waals surface area contributed by atoms with Crippen LogP contribution in [0.3, 0.4) is 0 Å². The summed E-state index contributed by atoms with van der Waals surface area (Å²) in [6.07, 6.45) is 0.620. The molecule has 0 radical (unpaired) electrons. The van der Waals surface area contributed by atoms with Crippen LogP contribution in [0, 0.1) is 17.1 Å². The van der Waals surface area contributed by atoms with Gasteiger partial charge in [0.1, 0.15) is 11.9 Å². The summed E-state index contributed by atoms with van der Waals surface area (Å²) in [4.78, 5) is 2.63. The Bertz CT molecular complexity index is 493. The van der Waals surface area contributed by atoms with Gasteiger partial charge in [-0.1, -0.05) is 21.0 Å². The summed E-state index contributed by atoms with van der Waals surface area (Å²) in [5.41, 5.74) is 8.66. The van der Waals surface area contributed by atoms with E-state index in [1.807, 2.05) is 0 Å². The Morgan fingerprint density at radius 1 is 1.61 bits per heavy atom. The van der Waals surface area contributed by atoms with E-state index in [1.54, 1.807) is 6.07 Å². The van der Waals surface area contributed by atoms with Crippen LogP contribution in [0.2, 0.25) is 0 Å². The third-order valence-corrected chi connectivity index (χ3v) is 2.97. The minimum atomic E-state index is -0.596. The monoisotopic (exact) mass is 311 g/mol. The zero-order valence-electron chi connectivity index (χ0n) is 9.48. The fraction of sp³-hybridized carbons (Fsp3) is 0.364. The van der Waals surface area contributed by atoms with Crippen molar-refractivity contribution in [3.8, 4) is 6.07 Å². The maximum Gasteiger partial charge on any atom is 0.123 e. The van der Waals surface area contributed by atoms with Gasteiger partial charge in [-0.2, -0.15) is 5.26 Å². The molecule has 1 rings (SSSR count). The number of halogens is 2. The van der Waals surface area contributed by atoms with Crippen LogP contribution in [0.15, 0.2) is 27.8 Å². The summed E-state index contributed by atoms with van der Waals surface area (Å²) in [5.74, 6) is -0.385. The number of azide groups is 1. The Hall–Kier alpha value is -1.61. The number of rotatable bonds is 6. The van der Waals surface area contributed by atoms with Gasteiger partial charge in [0.2, 0.25) is 0 Å². The van der Waals surface area contributed by atoms with E-state index in [1.165, 1.54) is 12.1 Å². The first kappa shape index (κ1) is 14.5. The lowest BCUT2D eigenvalue weighted by molar-refractivity contribution is 0.592.